The van der Waals surface area contributed by atoms with Gasteiger partial charge in [0, 0.05) is 10.0 Å². The smallest absolute Gasteiger partial charge is 0.343 e. The number of hydrogen-bond donors (Lipinski definition) is 1. The van der Waals surface area contributed by atoms with Gasteiger partial charge in [-0.05, 0) is 58.4 Å². The van der Waals surface area contributed by atoms with Crippen LogP contribution in [0.5, 0.6) is 17.2 Å². The minimum Gasteiger partial charge on any atom is -0.485 e. The molecule has 0 aromatic heterocycles. The maximum atomic E-state index is 13.5. The average molecular weight is 578 g/mol. The van der Waals surface area contributed by atoms with E-state index >= 15 is 0 Å². The SMILES string of the molecule is O=C(Oc1c(Br)cc(Br)cc1/C=N\NC(=O)[C@@H]1COc2ccccc2O1)c1cccc(F)c1. The van der Waals surface area contributed by atoms with Crippen LogP contribution in [0.3, 0.4) is 0 Å². The third-order valence-corrected chi connectivity index (χ3v) is 5.52. The van der Waals surface area contributed by atoms with E-state index in [-0.39, 0.29) is 17.9 Å². The summed E-state index contributed by atoms with van der Waals surface area (Å²) in [6, 6.07) is 15.5. The van der Waals surface area contributed by atoms with Gasteiger partial charge in [-0.25, -0.2) is 14.6 Å². The van der Waals surface area contributed by atoms with Gasteiger partial charge in [-0.2, -0.15) is 5.10 Å². The van der Waals surface area contributed by atoms with Crippen LogP contribution in [0.15, 0.2) is 74.7 Å². The third kappa shape index (κ3) is 5.58. The molecule has 7 nitrogen and oxygen atoms in total. The molecule has 10 heteroatoms. The number of nitrogens with zero attached hydrogens (tertiary/aromatic N) is 1. The lowest BCUT2D eigenvalue weighted by Crippen LogP contribution is -2.42. The lowest BCUT2D eigenvalue weighted by atomic mass is 10.2. The summed E-state index contributed by atoms with van der Waals surface area (Å²) in [7, 11) is 0. The van der Waals surface area contributed by atoms with E-state index in [4.69, 9.17) is 14.2 Å². The van der Waals surface area contributed by atoms with Crippen LogP contribution in [0.25, 0.3) is 0 Å². The number of hydrazone groups is 1. The molecule has 33 heavy (non-hydrogen) atoms. The molecule has 0 fully saturated rings. The van der Waals surface area contributed by atoms with Crippen molar-refractivity contribution in [1.29, 1.82) is 0 Å². The lowest BCUT2D eigenvalue weighted by Gasteiger charge is -2.24. The van der Waals surface area contributed by atoms with Crippen molar-refractivity contribution in [2.45, 2.75) is 6.10 Å². The Morgan fingerprint density at radius 1 is 1.09 bits per heavy atom. The molecular weight excluding hydrogens is 563 g/mol. The molecule has 0 unspecified atom stereocenters. The van der Waals surface area contributed by atoms with E-state index in [0.29, 0.717) is 26.0 Å². The molecule has 0 saturated heterocycles. The fourth-order valence-corrected chi connectivity index (χ4v) is 4.28. The predicted molar refractivity (Wildman–Crippen MR) is 125 cm³/mol. The summed E-state index contributed by atoms with van der Waals surface area (Å²) >= 11 is 6.71. The largest absolute Gasteiger partial charge is 0.485 e. The van der Waals surface area contributed by atoms with Crippen molar-refractivity contribution in [3.8, 4) is 17.2 Å². The highest BCUT2D eigenvalue weighted by Crippen LogP contribution is 2.33. The Hall–Kier alpha value is -3.24. The van der Waals surface area contributed by atoms with E-state index in [1.807, 2.05) is 6.07 Å². The Balaban J connectivity index is 1.47. The van der Waals surface area contributed by atoms with Crippen LogP contribution in [-0.4, -0.2) is 30.8 Å². The van der Waals surface area contributed by atoms with Gasteiger partial charge in [-0.1, -0.05) is 34.1 Å². The Labute approximate surface area is 204 Å². The molecule has 1 heterocycles. The van der Waals surface area contributed by atoms with Gasteiger partial charge in [0.15, 0.2) is 17.2 Å². The number of amides is 1. The second-order valence-corrected chi connectivity index (χ2v) is 8.57. The summed E-state index contributed by atoms with van der Waals surface area (Å²) in [5.41, 5.74) is 2.83. The second kappa shape index (κ2) is 10.1. The Morgan fingerprint density at radius 2 is 1.88 bits per heavy atom. The number of carbonyl (C=O) groups excluding carboxylic acids is 2. The molecule has 0 radical (unpaired) electrons. The van der Waals surface area contributed by atoms with Gasteiger partial charge < -0.3 is 14.2 Å². The zero-order valence-electron chi connectivity index (χ0n) is 16.8. The fourth-order valence-electron chi connectivity index (χ4n) is 2.94. The van der Waals surface area contributed by atoms with Crippen molar-refractivity contribution in [2.75, 3.05) is 6.61 Å². The monoisotopic (exact) mass is 576 g/mol. The van der Waals surface area contributed by atoms with Crippen molar-refractivity contribution in [1.82, 2.24) is 5.43 Å². The van der Waals surface area contributed by atoms with Crippen molar-refractivity contribution >= 4 is 50.0 Å². The number of nitrogens with one attached hydrogen (secondary N) is 1. The first-order valence-corrected chi connectivity index (χ1v) is 11.2. The second-order valence-electron chi connectivity index (χ2n) is 6.80. The van der Waals surface area contributed by atoms with E-state index in [1.165, 1.54) is 24.4 Å². The first-order valence-electron chi connectivity index (χ1n) is 9.59. The highest BCUT2D eigenvalue weighted by atomic mass is 79.9. The summed E-state index contributed by atoms with van der Waals surface area (Å²) in [4.78, 5) is 24.9. The van der Waals surface area contributed by atoms with Crippen LogP contribution in [0, 0.1) is 5.82 Å². The van der Waals surface area contributed by atoms with Gasteiger partial charge in [0.25, 0.3) is 5.91 Å². The van der Waals surface area contributed by atoms with Gasteiger partial charge in [0.2, 0.25) is 6.10 Å². The van der Waals surface area contributed by atoms with E-state index in [9.17, 15) is 14.0 Å². The summed E-state index contributed by atoms with van der Waals surface area (Å²) in [5, 5.41) is 3.96. The molecular formula is C23H15Br2FN2O5. The number of para-hydroxylation sites is 2. The highest BCUT2D eigenvalue weighted by Gasteiger charge is 2.27. The number of hydrogen-bond acceptors (Lipinski definition) is 6. The first-order chi connectivity index (χ1) is 15.9. The van der Waals surface area contributed by atoms with E-state index < -0.39 is 23.8 Å². The van der Waals surface area contributed by atoms with Crippen LogP contribution >= 0.6 is 31.9 Å². The molecule has 3 aromatic carbocycles. The standard InChI is InChI=1S/C23H15Br2FN2O5/c24-15-8-14(21(17(25)10-15)33-23(30)13-4-3-5-16(26)9-13)11-27-28-22(29)20-12-31-18-6-1-2-7-19(18)32-20/h1-11,20H,12H2,(H,28,29)/b27-11-/t20-/m0/s1. The van der Waals surface area contributed by atoms with Gasteiger partial charge >= 0.3 is 5.97 Å². The van der Waals surface area contributed by atoms with Crippen molar-refractivity contribution in [3.05, 3.63) is 86.6 Å². The maximum Gasteiger partial charge on any atom is 0.343 e. The number of halogens is 3. The minimum atomic E-state index is -0.878. The van der Waals surface area contributed by atoms with Crippen molar-refractivity contribution in [2.24, 2.45) is 5.10 Å². The highest BCUT2D eigenvalue weighted by molar-refractivity contribution is 9.11. The number of carbonyl (C=O) groups is 2. The van der Waals surface area contributed by atoms with E-state index in [1.54, 1.807) is 30.3 Å². The summed E-state index contributed by atoms with van der Waals surface area (Å²) < 4.78 is 31.2. The number of esters is 1. The number of rotatable bonds is 5. The normalized spacial score (nSPS) is 14.7. The molecule has 1 aliphatic rings. The van der Waals surface area contributed by atoms with Gasteiger partial charge in [0.1, 0.15) is 12.4 Å². The Bertz CT molecular complexity index is 1250. The number of benzene rings is 3. The first kappa shape index (κ1) is 22.9. The molecule has 1 aliphatic heterocycles. The molecule has 1 atom stereocenters. The molecule has 3 aromatic rings. The Morgan fingerprint density at radius 3 is 2.67 bits per heavy atom. The van der Waals surface area contributed by atoms with Gasteiger partial charge in [0.05, 0.1) is 16.3 Å². The minimum absolute atomic E-state index is 0.0390. The number of ether oxygens (including phenoxy) is 3. The molecule has 0 aliphatic carbocycles. The lowest BCUT2D eigenvalue weighted by molar-refractivity contribution is -0.130. The van der Waals surface area contributed by atoms with Crippen LogP contribution in [0.1, 0.15) is 15.9 Å². The predicted octanol–water partition coefficient (Wildman–Crippen LogP) is 4.86. The number of fused-ring (bicyclic) bond motifs is 1. The average Bonchev–Trinajstić information content (AvgIpc) is 2.80. The zero-order chi connectivity index (χ0) is 23.4. The fraction of sp³-hybridized carbons (Fsp3) is 0.0870. The quantitative estimate of drug-likeness (QED) is 0.203. The Kier molecular flexibility index (Phi) is 7.05. The zero-order valence-corrected chi connectivity index (χ0v) is 19.9. The van der Waals surface area contributed by atoms with Crippen LogP contribution < -0.4 is 19.6 Å². The molecule has 168 valence electrons. The molecule has 0 bridgehead atoms. The van der Waals surface area contributed by atoms with E-state index in [2.05, 4.69) is 42.4 Å². The van der Waals surface area contributed by atoms with Crippen molar-refractivity contribution in [3.63, 3.8) is 0 Å². The maximum absolute atomic E-state index is 13.5. The molecule has 0 spiro atoms. The van der Waals surface area contributed by atoms with Crippen LogP contribution in [-0.2, 0) is 4.79 Å². The van der Waals surface area contributed by atoms with Gasteiger partial charge in [-0.15, -0.1) is 0 Å². The van der Waals surface area contributed by atoms with Crippen LogP contribution in [0.4, 0.5) is 4.39 Å². The molecule has 4 rings (SSSR count). The molecule has 1 amide bonds. The van der Waals surface area contributed by atoms with Crippen molar-refractivity contribution < 1.29 is 28.2 Å². The van der Waals surface area contributed by atoms with E-state index in [0.717, 1.165) is 6.07 Å². The van der Waals surface area contributed by atoms with Gasteiger partial charge in [-0.3, -0.25) is 4.79 Å². The third-order valence-electron chi connectivity index (χ3n) is 4.47. The summed E-state index contributed by atoms with van der Waals surface area (Å²) in [6.45, 7) is 0.0390. The summed E-state index contributed by atoms with van der Waals surface area (Å²) in [5.74, 6) is -0.628. The summed E-state index contributed by atoms with van der Waals surface area (Å²) in [6.07, 6.45) is 0.441. The topological polar surface area (TPSA) is 86.2 Å². The molecule has 1 N–H and O–H groups in total. The van der Waals surface area contributed by atoms with Crippen LogP contribution in [0.2, 0.25) is 0 Å². The molecule has 0 saturated carbocycles.